The highest BCUT2D eigenvalue weighted by Crippen LogP contribution is 2.44. The van der Waals surface area contributed by atoms with Crippen molar-refractivity contribution < 1.29 is 14.2 Å². The van der Waals surface area contributed by atoms with Crippen LogP contribution < -0.4 is 4.74 Å². The Labute approximate surface area is 158 Å². The Morgan fingerprint density at radius 3 is 2.35 bits per heavy atom. The Hall–Kier alpha value is -1.14. The molecule has 0 N–H and O–H groups in total. The van der Waals surface area contributed by atoms with Gasteiger partial charge in [0.2, 0.25) is 0 Å². The van der Waals surface area contributed by atoms with Crippen molar-refractivity contribution in [2.75, 3.05) is 67.3 Å². The van der Waals surface area contributed by atoms with Crippen LogP contribution >= 0.6 is 0 Å². The van der Waals surface area contributed by atoms with Crippen LogP contribution in [0, 0.1) is 11.3 Å². The lowest BCUT2D eigenvalue weighted by Crippen LogP contribution is -2.45. The first-order valence-corrected chi connectivity index (χ1v) is 9.74. The lowest BCUT2D eigenvalue weighted by molar-refractivity contribution is 0.0348. The van der Waals surface area contributed by atoms with E-state index >= 15 is 0 Å². The number of nitrogens with zero attached hydrogens (tertiary/aromatic N) is 2. The fourth-order valence-corrected chi connectivity index (χ4v) is 4.68. The molecule has 5 heteroatoms. The zero-order valence-electron chi connectivity index (χ0n) is 16.6. The van der Waals surface area contributed by atoms with Gasteiger partial charge in [-0.15, -0.1) is 0 Å². The van der Waals surface area contributed by atoms with Crippen molar-refractivity contribution in [1.82, 2.24) is 9.80 Å². The number of likely N-dealkylation sites (tertiary alicyclic amines) is 2. The van der Waals surface area contributed by atoms with Gasteiger partial charge in [0.25, 0.3) is 0 Å². The molecule has 2 aliphatic heterocycles. The van der Waals surface area contributed by atoms with Crippen molar-refractivity contribution in [1.29, 1.82) is 0 Å². The van der Waals surface area contributed by atoms with Gasteiger partial charge in [-0.3, -0.25) is 4.90 Å². The minimum absolute atomic E-state index is 0.417. The summed E-state index contributed by atoms with van der Waals surface area (Å²) in [6.07, 6.45) is 2.53. The summed E-state index contributed by atoms with van der Waals surface area (Å²) in [5.74, 6) is 1.57. The maximum Gasteiger partial charge on any atom is 0.118 e. The van der Waals surface area contributed by atoms with E-state index in [-0.39, 0.29) is 0 Å². The number of hydrogen-bond acceptors (Lipinski definition) is 5. The molecule has 1 atom stereocenters. The molecule has 0 radical (unpaired) electrons. The standard InChI is InChI=1S/C21H34N2O3/c1-24-13-12-23-15-19(16-25-2)21(17-23)8-10-22(11-9-21)14-18-4-6-20(26-3)7-5-18/h4-7,19H,8-17H2,1-3H3/t19-/m0/s1. The maximum absolute atomic E-state index is 5.57. The molecule has 0 saturated carbocycles. The molecule has 2 saturated heterocycles. The molecule has 1 aromatic rings. The van der Waals surface area contributed by atoms with E-state index in [1.54, 1.807) is 14.2 Å². The SMILES string of the molecule is COCCN1C[C@@H](COC)C2(CCN(Cc3ccc(OC)cc3)CC2)C1. The molecule has 1 spiro atoms. The minimum Gasteiger partial charge on any atom is -0.497 e. The van der Waals surface area contributed by atoms with E-state index in [2.05, 4.69) is 34.1 Å². The molecule has 2 heterocycles. The van der Waals surface area contributed by atoms with Crippen LogP contribution in [0.2, 0.25) is 0 Å². The average Bonchev–Trinajstić information content (AvgIpc) is 3.00. The summed E-state index contributed by atoms with van der Waals surface area (Å²) in [6.45, 7) is 8.45. The molecule has 0 unspecified atom stereocenters. The molecule has 0 aliphatic carbocycles. The molecule has 0 amide bonds. The molecule has 146 valence electrons. The third-order valence-corrected chi connectivity index (χ3v) is 6.28. The lowest BCUT2D eigenvalue weighted by Gasteiger charge is -2.42. The summed E-state index contributed by atoms with van der Waals surface area (Å²) in [5, 5.41) is 0. The van der Waals surface area contributed by atoms with Crippen LogP contribution in [0.5, 0.6) is 5.75 Å². The number of benzene rings is 1. The largest absolute Gasteiger partial charge is 0.497 e. The van der Waals surface area contributed by atoms with Crippen molar-refractivity contribution in [3.63, 3.8) is 0 Å². The van der Waals surface area contributed by atoms with Crippen molar-refractivity contribution in [3.8, 4) is 5.75 Å². The van der Waals surface area contributed by atoms with Crippen LogP contribution in [-0.2, 0) is 16.0 Å². The Kier molecular flexibility index (Phi) is 6.92. The molecule has 2 fully saturated rings. The van der Waals surface area contributed by atoms with Gasteiger partial charge >= 0.3 is 0 Å². The first kappa shape index (κ1) is 19.6. The van der Waals surface area contributed by atoms with E-state index in [1.807, 2.05) is 7.11 Å². The van der Waals surface area contributed by atoms with E-state index in [4.69, 9.17) is 14.2 Å². The molecule has 26 heavy (non-hydrogen) atoms. The Bertz CT molecular complexity index is 541. The second-order valence-corrected chi connectivity index (χ2v) is 7.87. The predicted octanol–water partition coefficient (Wildman–Crippen LogP) is 2.50. The molecule has 3 rings (SSSR count). The van der Waals surface area contributed by atoms with Gasteiger partial charge in [0.1, 0.15) is 5.75 Å². The van der Waals surface area contributed by atoms with Crippen LogP contribution in [0.25, 0.3) is 0 Å². The lowest BCUT2D eigenvalue weighted by atomic mass is 9.71. The number of methoxy groups -OCH3 is 3. The van der Waals surface area contributed by atoms with Crippen LogP contribution in [-0.4, -0.2) is 77.1 Å². The number of hydrogen-bond donors (Lipinski definition) is 0. The first-order valence-electron chi connectivity index (χ1n) is 9.74. The zero-order chi connectivity index (χ0) is 18.4. The number of ether oxygens (including phenoxy) is 3. The molecule has 1 aromatic carbocycles. The summed E-state index contributed by atoms with van der Waals surface area (Å²) >= 11 is 0. The fraction of sp³-hybridized carbons (Fsp3) is 0.714. The molecular formula is C21H34N2O3. The summed E-state index contributed by atoms with van der Waals surface area (Å²) in [5.41, 5.74) is 1.78. The quantitative estimate of drug-likeness (QED) is 0.710. The van der Waals surface area contributed by atoms with Gasteiger partial charge in [-0.05, 0) is 49.0 Å². The van der Waals surface area contributed by atoms with Crippen LogP contribution in [0.15, 0.2) is 24.3 Å². The van der Waals surface area contributed by atoms with Gasteiger partial charge in [-0.1, -0.05) is 12.1 Å². The summed E-state index contributed by atoms with van der Waals surface area (Å²) < 4.78 is 16.1. The fourth-order valence-electron chi connectivity index (χ4n) is 4.68. The van der Waals surface area contributed by atoms with E-state index < -0.39 is 0 Å². The van der Waals surface area contributed by atoms with Gasteiger partial charge in [0.05, 0.1) is 20.3 Å². The van der Waals surface area contributed by atoms with Crippen LogP contribution in [0.1, 0.15) is 18.4 Å². The first-order chi connectivity index (χ1) is 12.7. The second-order valence-electron chi connectivity index (χ2n) is 7.87. The second kappa shape index (κ2) is 9.18. The number of rotatable bonds is 8. The normalized spacial score (nSPS) is 23.6. The number of piperidine rings is 1. The van der Waals surface area contributed by atoms with E-state index in [0.717, 1.165) is 38.6 Å². The summed E-state index contributed by atoms with van der Waals surface area (Å²) in [7, 11) is 5.34. The van der Waals surface area contributed by atoms with Crippen LogP contribution in [0.3, 0.4) is 0 Å². The van der Waals surface area contributed by atoms with E-state index in [9.17, 15) is 0 Å². The maximum atomic E-state index is 5.57. The Morgan fingerprint density at radius 2 is 1.73 bits per heavy atom. The molecule has 0 bridgehead atoms. The Morgan fingerprint density at radius 1 is 1.00 bits per heavy atom. The average molecular weight is 363 g/mol. The topological polar surface area (TPSA) is 34.2 Å². The van der Waals surface area contributed by atoms with Gasteiger partial charge in [0, 0.05) is 46.3 Å². The van der Waals surface area contributed by atoms with Gasteiger partial charge in [-0.25, -0.2) is 0 Å². The zero-order valence-corrected chi connectivity index (χ0v) is 16.6. The highest BCUT2D eigenvalue weighted by Gasteiger charge is 2.47. The highest BCUT2D eigenvalue weighted by molar-refractivity contribution is 5.27. The van der Waals surface area contributed by atoms with Crippen molar-refractivity contribution in [2.24, 2.45) is 11.3 Å². The predicted molar refractivity (Wildman–Crippen MR) is 104 cm³/mol. The Balaban J connectivity index is 1.56. The van der Waals surface area contributed by atoms with Crippen LogP contribution in [0.4, 0.5) is 0 Å². The third-order valence-electron chi connectivity index (χ3n) is 6.28. The smallest absolute Gasteiger partial charge is 0.118 e. The van der Waals surface area contributed by atoms with Gasteiger partial charge in [-0.2, -0.15) is 0 Å². The monoisotopic (exact) mass is 362 g/mol. The van der Waals surface area contributed by atoms with Gasteiger partial charge < -0.3 is 19.1 Å². The van der Waals surface area contributed by atoms with Crippen molar-refractivity contribution >= 4 is 0 Å². The minimum atomic E-state index is 0.417. The highest BCUT2D eigenvalue weighted by atomic mass is 16.5. The van der Waals surface area contributed by atoms with E-state index in [1.165, 1.54) is 38.0 Å². The molecule has 2 aliphatic rings. The third kappa shape index (κ3) is 4.58. The van der Waals surface area contributed by atoms with E-state index in [0.29, 0.717) is 11.3 Å². The summed E-state index contributed by atoms with van der Waals surface area (Å²) in [4.78, 5) is 5.17. The molecule has 0 aromatic heterocycles. The van der Waals surface area contributed by atoms with Gasteiger partial charge in [0.15, 0.2) is 0 Å². The van der Waals surface area contributed by atoms with Crippen molar-refractivity contribution in [2.45, 2.75) is 19.4 Å². The molecular weight excluding hydrogens is 328 g/mol. The summed E-state index contributed by atoms with van der Waals surface area (Å²) in [6, 6.07) is 8.47. The van der Waals surface area contributed by atoms with Crippen molar-refractivity contribution in [3.05, 3.63) is 29.8 Å². The molecule has 5 nitrogen and oxygen atoms in total.